The molecule has 1 aromatic heterocycles. The van der Waals surface area contributed by atoms with Gasteiger partial charge in [-0.2, -0.15) is 5.26 Å². The third-order valence-electron chi connectivity index (χ3n) is 3.15. The van der Waals surface area contributed by atoms with Crippen molar-refractivity contribution in [2.75, 3.05) is 0 Å². The highest BCUT2D eigenvalue weighted by molar-refractivity contribution is 6.32. The second-order valence-corrected chi connectivity index (χ2v) is 5.07. The minimum absolute atomic E-state index is 0.380. The van der Waals surface area contributed by atoms with Crippen molar-refractivity contribution in [1.82, 2.24) is 4.98 Å². The van der Waals surface area contributed by atoms with Crippen molar-refractivity contribution < 1.29 is 4.74 Å². The smallest absolute Gasteiger partial charge is 0.156 e. The molecule has 0 spiro atoms. The third-order valence-corrected chi connectivity index (χ3v) is 3.44. The number of aromatic nitrogens is 1. The molecule has 0 unspecified atom stereocenters. The van der Waals surface area contributed by atoms with E-state index in [0.29, 0.717) is 22.1 Å². The highest BCUT2D eigenvalue weighted by Gasteiger charge is 2.12. The van der Waals surface area contributed by atoms with Crippen LogP contribution < -0.4 is 4.74 Å². The number of nitriles is 1. The summed E-state index contributed by atoms with van der Waals surface area (Å²) >= 11 is 6.20. The maximum Gasteiger partial charge on any atom is 0.156 e. The van der Waals surface area contributed by atoms with E-state index in [1.807, 2.05) is 43.3 Å². The van der Waals surface area contributed by atoms with Crippen molar-refractivity contribution in [1.29, 1.82) is 5.26 Å². The van der Waals surface area contributed by atoms with E-state index in [0.717, 1.165) is 16.5 Å². The van der Waals surface area contributed by atoms with Gasteiger partial charge in [0.25, 0.3) is 0 Å². The molecule has 3 rings (SSSR count). The lowest BCUT2D eigenvalue weighted by atomic mass is 10.1. The first kappa shape index (κ1) is 13.4. The zero-order valence-corrected chi connectivity index (χ0v) is 12.1. The Morgan fingerprint density at radius 1 is 1.19 bits per heavy atom. The summed E-state index contributed by atoms with van der Waals surface area (Å²) in [7, 11) is 0. The predicted molar refractivity (Wildman–Crippen MR) is 82.7 cm³/mol. The number of hydrogen-bond acceptors (Lipinski definition) is 3. The molecule has 0 fully saturated rings. The van der Waals surface area contributed by atoms with Crippen molar-refractivity contribution in [3.8, 4) is 17.6 Å². The molecule has 2 aromatic carbocycles. The highest BCUT2D eigenvalue weighted by Crippen LogP contribution is 2.35. The lowest BCUT2D eigenvalue weighted by molar-refractivity contribution is 0.486. The number of benzene rings is 2. The van der Waals surface area contributed by atoms with Gasteiger partial charge >= 0.3 is 0 Å². The molecule has 0 amide bonds. The Morgan fingerprint density at radius 3 is 2.76 bits per heavy atom. The van der Waals surface area contributed by atoms with Gasteiger partial charge in [-0.1, -0.05) is 29.8 Å². The van der Waals surface area contributed by atoms with Crippen molar-refractivity contribution in [2.24, 2.45) is 0 Å². The summed E-state index contributed by atoms with van der Waals surface area (Å²) in [5.41, 5.74) is 2.20. The number of para-hydroxylation sites is 1. The Kier molecular flexibility index (Phi) is 3.47. The van der Waals surface area contributed by atoms with Gasteiger partial charge < -0.3 is 4.74 Å². The van der Waals surface area contributed by atoms with Crippen LogP contribution in [0.5, 0.6) is 11.5 Å². The van der Waals surface area contributed by atoms with Crippen molar-refractivity contribution >= 4 is 22.5 Å². The first-order chi connectivity index (χ1) is 10.2. The van der Waals surface area contributed by atoms with Crippen LogP contribution in [0.4, 0.5) is 0 Å². The number of fused-ring (bicyclic) bond motifs is 1. The average Bonchev–Trinajstić information content (AvgIpc) is 2.50. The maximum atomic E-state index is 9.27. The van der Waals surface area contributed by atoms with Crippen LogP contribution >= 0.6 is 11.6 Å². The summed E-state index contributed by atoms with van der Waals surface area (Å²) in [5, 5.41) is 10.6. The molecule has 0 aliphatic rings. The van der Waals surface area contributed by atoms with Crippen molar-refractivity contribution in [3.63, 3.8) is 0 Å². The fourth-order valence-corrected chi connectivity index (χ4v) is 2.38. The van der Waals surface area contributed by atoms with Crippen molar-refractivity contribution in [3.05, 3.63) is 64.8 Å². The summed E-state index contributed by atoms with van der Waals surface area (Å²) in [4.78, 5) is 4.26. The lowest BCUT2D eigenvalue weighted by Crippen LogP contribution is -1.93. The predicted octanol–water partition coefficient (Wildman–Crippen LogP) is 4.86. The SMILES string of the molecule is Cc1ccc(Oc2c(C#N)cnc3ccccc23)c(Cl)c1. The summed E-state index contributed by atoms with van der Waals surface area (Å²) in [6, 6.07) is 15.2. The van der Waals surface area contributed by atoms with E-state index in [4.69, 9.17) is 16.3 Å². The topological polar surface area (TPSA) is 45.9 Å². The van der Waals surface area contributed by atoms with E-state index in [1.54, 1.807) is 6.07 Å². The Morgan fingerprint density at radius 2 is 2.00 bits per heavy atom. The van der Waals surface area contributed by atoms with Crippen LogP contribution in [0.3, 0.4) is 0 Å². The van der Waals surface area contributed by atoms with Crippen LogP contribution in [0.25, 0.3) is 10.9 Å². The van der Waals surface area contributed by atoms with Gasteiger partial charge in [0.05, 0.1) is 10.5 Å². The van der Waals surface area contributed by atoms with E-state index in [-0.39, 0.29) is 0 Å². The minimum atomic E-state index is 0.380. The minimum Gasteiger partial charge on any atom is -0.454 e. The standard InChI is InChI=1S/C17H11ClN2O/c1-11-6-7-16(14(18)8-11)21-17-12(9-19)10-20-15-5-3-2-4-13(15)17/h2-8,10H,1H3. The number of hydrogen-bond donors (Lipinski definition) is 0. The Bertz CT molecular complexity index is 868. The van der Waals surface area contributed by atoms with E-state index >= 15 is 0 Å². The molecule has 0 radical (unpaired) electrons. The quantitative estimate of drug-likeness (QED) is 0.678. The maximum absolute atomic E-state index is 9.27. The lowest BCUT2D eigenvalue weighted by Gasteiger charge is -2.11. The zero-order chi connectivity index (χ0) is 14.8. The molecular weight excluding hydrogens is 284 g/mol. The van der Waals surface area contributed by atoms with E-state index < -0.39 is 0 Å². The number of aryl methyl sites for hydroxylation is 1. The molecule has 0 atom stereocenters. The molecule has 0 aliphatic carbocycles. The van der Waals surface area contributed by atoms with E-state index in [9.17, 15) is 5.26 Å². The number of pyridine rings is 1. The second kappa shape index (κ2) is 5.43. The van der Waals surface area contributed by atoms with Crippen LogP contribution in [-0.2, 0) is 0 Å². The van der Waals surface area contributed by atoms with Gasteiger partial charge in [0, 0.05) is 11.6 Å². The van der Waals surface area contributed by atoms with Gasteiger partial charge in [0.15, 0.2) is 5.75 Å². The molecule has 0 bridgehead atoms. The molecule has 102 valence electrons. The molecule has 21 heavy (non-hydrogen) atoms. The molecule has 0 saturated heterocycles. The molecule has 0 saturated carbocycles. The number of ether oxygens (including phenoxy) is 1. The Labute approximate surface area is 127 Å². The molecule has 0 aliphatic heterocycles. The monoisotopic (exact) mass is 294 g/mol. The first-order valence-corrected chi connectivity index (χ1v) is 6.78. The van der Waals surface area contributed by atoms with E-state index in [2.05, 4.69) is 11.1 Å². The van der Waals surface area contributed by atoms with Crippen LogP contribution in [0.15, 0.2) is 48.7 Å². The number of halogens is 1. The normalized spacial score (nSPS) is 10.3. The van der Waals surface area contributed by atoms with Gasteiger partial charge in [0.2, 0.25) is 0 Å². The molecule has 3 nitrogen and oxygen atoms in total. The molecule has 1 heterocycles. The summed E-state index contributed by atoms with van der Waals surface area (Å²) in [6.45, 7) is 1.96. The van der Waals surface area contributed by atoms with Gasteiger partial charge in [-0.15, -0.1) is 0 Å². The Hall–Kier alpha value is -2.57. The van der Waals surface area contributed by atoms with Gasteiger partial charge in [-0.3, -0.25) is 4.98 Å². The molecule has 0 N–H and O–H groups in total. The highest BCUT2D eigenvalue weighted by atomic mass is 35.5. The molecule has 3 aromatic rings. The van der Waals surface area contributed by atoms with E-state index in [1.165, 1.54) is 6.20 Å². The zero-order valence-electron chi connectivity index (χ0n) is 11.3. The summed E-state index contributed by atoms with van der Waals surface area (Å²) in [6.07, 6.45) is 1.51. The van der Waals surface area contributed by atoms with Crippen LogP contribution in [0, 0.1) is 18.3 Å². The van der Waals surface area contributed by atoms with Gasteiger partial charge in [-0.25, -0.2) is 0 Å². The second-order valence-electron chi connectivity index (χ2n) is 4.67. The van der Waals surface area contributed by atoms with Crippen LogP contribution in [0.2, 0.25) is 5.02 Å². The molecule has 4 heteroatoms. The van der Waals surface area contributed by atoms with Crippen LogP contribution in [0.1, 0.15) is 11.1 Å². The Balaban J connectivity index is 2.17. The largest absolute Gasteiger partial charge is 0.454 e. The first-order valence-electron chi connectivity index (χ1n) is 6.41. The number of nitrogens with zero attached hydrogens (tertiary/aromatic N) is 2. The number of rotatable bonds is 2. The van der Waals surface area contributed by atoms with Gasteiger partial charge in [-0.05, 0) is 36.8 Å². The molecular formula is C17H11ClN2O. The third kappa shape index (κ3) is 2.54. The van der Waals surface area contributed by atoms with Gasteiger partial charge in [0.1, 0.15) is 17.4 Å². The van der Waals surface area contributed by atoms with Crippen molar-refractivity contribution in [2.45, 2.75) is 6.92 Å². The fraction of sp³-hybridized carbons (Fsp3) is 0.0588. The summed E-state index contributed by atoms with van der Waals surface area (Å²) < 4.78 is 5.90. The average molecular weight is 295 g/mol. The van der Waals surface area contributed by atoms with Crippen LogP contribution in [-0.4, -0.2) is 4.98 Å². The fourth-order valence-electron chi connectivity index (χ4n) is 2.10. The summed E-state index contributed by atoms with van der Waals surface area (Å²) in [5.74, 6) is 1.00.